The van der Waals surface area contributed by atoms with Crippen LogP contribution in [0, 0.1) is 0 Å². The first kappa shape index (κ1) is 10.8. The maximum Gasteiger partial charge on any atom is 0.121 e. The van der Waals surface area contributed by atoms with Crippen molar-refractivity contribution in [2.45, 2.75) is 13.0 Å². The van der Waals surface area contributed by atoms with Crippen LogP contribution in [0.4, 0.5) is 0 Å². The van der Waals surface area contributed by atoms with Gasteiger partial charge < -0.3 is 10.4 Å². The van der Waals surface area contributed by atoms with E-state index < -0.39 is 0 Å². The molecule has 0 aliphatic carbocycles. The summed E-state index contributed by atoms with van der Waals surface area (Å²) in [6.07, 6.45) is 0. The first-order valence-electron chi connectivity index (χ1n) is 3.91. The van der Waals surface area contributed by atoms with Crippen molar-refractivity contribution >= 4 is 27.5 Å². The molecule has 2 nitrogen and oxygen atoms in total. The molecule has 0 saturated heterocycles. The van der Waals surface area contributed by atoms with Crippen LogP contribution in [-0.2, 0) is 0 Å². The Morgan fingerprint density at radius 3 is 2.69 bits per heavy atom. The van der Waals surface area contributed by atoms with Crippen molar-refractivity contribution in [3.05, 3.63) is 27.2 Å². The second-order valence-corrected chi connectivity index (χ2v) is 4.10. The van der Waals surface area contributed by atoms with Crippen molar-refractivity contribution in [1.82, 2.24) is 5.32 Å². The minimum atomic E-state index is 0.0885. The van der Waals surface area contributed by atoms with Crippen LogP contribution in [0.1, 0.15) is 18.5 Å². The summed E-state index contributed by atoms with van der Waals surface area (Å²) in [5.41, 5.74) is 0.802. The molecule has 0 heterocycles. The number of hydrogen-bond donors (Lipinski definition) is 2. The van der Waals surface area contributed by atoms with Gasteiger partial charge >= 0.3 is 0 Å². The summed E-state index contributed by atoms with van der Waals surface area (Å²) in [5, 5.41) is 13.2. The summed E-state index contributed by atoms with van der Waals surface area (Å²) in [4.78, 5) is 0. The van der Waals surface area contributed by atoms with Crippen LogP contribution in [-0.4, -0.2) is 12.2 Å². The summed E-state index contributed by atoms with van der Waals surface area (Å²) in [5.74, 6) is 0.248. The Bertz CT molecular complexity index is 317. The summed E-state index contributed by atoms with van der Waals surface area (Å²) in [6, 6.07) is 3.44. The highest BCUT2D eigenvalue weighted by molar-refractivity contribution is 9.10. The Morgan fingerprint density at radius 1 is 1.54 bits per heavy atom. The molecule has 0 saturated carbocycles. The molecule has 0 aliphatic heterocycles. The highest BCUT2D eigenvalue weighted by Gasteiger charge is 2.10. The molecular weight excluding hydrogens is 253 g/mol. The highest BCUT2D eigenvalue weighted by Crippen LogP contribution is 2.33. The number of hydrogen-bond acceptors (Lipinski definition) is 2. The second-order valence-electron chi connectivity index (χ2n) is 2.84. The van der Waals surface area contributed by atoms with E-state index in [2.05, 4.69) is 21.2 Å². The van der Waals surface area contributed by atoms with E-state index in [0.717, 1.165) is 5.56 Å². The summed E-state index contributed by atoms with van der Waals surface area (Å²) in [6.45, 7) is 1.96. The largest absolute Gasteiger partial charge is 0.508 e. The third-order valence-electron chi connectivity index (χ3n) is 1.97. The Kier molecular flexibility index (Phi) is 3.59. The van der Waals surface area contributed by atoms with Crippen molar-refractivity contribution in [3.8, 4) is 5.75 Å². The monoisotopic (exact) mass is 263 g/mol. The molecule has 0 fully saturated rings. The number of phenols is 1. The smallest absolute Gasteiger partial charge is 0.121 e. The van der Waals surface area contributed by atoms with Crippen molar-refractivity contribution in [1.29, 1.82) is 0 Å². The maximum absolute atomic E-state index is 9.59. The molecule has 0 bridgehead atoms. The van der Waals surface area contributed by atoms with Crippen LogP contribution in [0.2, 0.25) is 5.02 Å². The topological polar surface area (TPSA) is 32.3 Å². The number of halogens is 2. The van der Waals surface area contributed by atoms with Gasteiger partial charge in [0.1, 0.15) is 5.75 Å². The first-order valence-corrected chi connectivity index (χ1v) is 5.08. The minimum absolute atomic E-state index is 0.0885. The van der Waals surface area contributed by atoms with Crippen LogP contribution in [0.3, 0.4) is 0 Å². The van der Waals surface area contributed by atoms with Crippen LogP contribution >= 0.6 is 27.5 Å². The predicted molar refractivity (Wildman–Crippen MR) is 58.3 cm³/mol. The summed E-state index contributed by atoms with van der Waals surface area (Å²) in [7, 11) is 1.83. The SMILES string of the molecule is CN[C@H](C)c1cc(Cl)c(Br)cc1O. The average Bonchev–Trinajstić information content (AvgIpc) is 2.10. The normalized spacial score (nSPS) is 12.9. The summed E-state index contributed by atoms with van der Waals surface area (Å²) >= 11 is 9.14. The zero-order valence-electron chi connectivity index (χ0n) is 7.44. The fourth-order valence-corrected chi connectivity index (χ4v) is 1.56. The van der Waals surface area contributed by atoms with Crippen molar-refractivity contribution in [2.75, 3.05) is 7.05 Å². The van der Waals surface area contributed by atoms with Gasteiger partial charge in [-0.2, -0.15) is 0 Å². The third kappa shape index (κ3) is 2.36. The van der Waals surface area contributed by atoms with Crippen LogP contribution in [0.25, 0.3) is 0 Å². The van der Waals surface area contributed by atoms with Crippen molar-refractivity contribution in [3.63, 3.8) is 0 Å². The number of nitrogens with one attached hydrogen (secondary N) is 1. The lowest BCUT2D eigenvalue weighted by molar-refractivity contribution is 0.457. The molecule has 1 aromatic carbocycles. The van der Waals surface area contributed by atoms with Crippen LogP contribution in [0.15, 0.2) is 16.6 Å². The molecule has 2 N–H and O–H groups in total. The van der Waals surface area contributed by atoms with Crippen molar-refractivity contribution < 1.29 is 5.11 Å². The van der Waals surface area contributed by atoms with E-state index in [1.54, 1.807) is 12.1 Å². The number of benzene rings is 1. The van der Waals surface area contributed by atoms with Gasteiger partial charge in [-0.25, -0.2) is 0 Å². The van der Waals surface area contributed by atoms with E-state index in [9.17, 15) is 5.11 Å². The van der Waals surface area contributed by atoms with Gasteiger partial charge in [-0.1, -0.05) is 11.6 Å². The summed E-state index contributed by atoms with van der Waals surface area (Å²) < 4.78 is 0.707. The van der Waals surface area contributed by atoms with E-state index in [1.807, 2.05) is 14.0 Å². The van der Waals surface area contributed by atoms with Gasteiger partial charge in [-0.15, -0.1) is 0 Å². The molecule has 0 unspecified atom stereocenters. The van der Waals surface area contributed by atoms with E-state index in [1.165, 1.54) is 0 Å². The van der Waals surface area contributed by atoms with Gasteiger partial charge in [0.25, 0.3) is 0 Å². The van der Waals surface area contributed by atoms with E-state index in [-0.39, 0.29) is 11.8 Å². The standard InChI is InChI=1S/C9H11BrClNO/c1-5(12-2)6-3-8(11)7(10)4-9(6)13/h3-5,12-13H,1-2H3/t5-/m1/s1. The molecule has 72 valence electrons. The molecule has 13 heavy (non-hydrogen) atoms. The molecule has 4 heteroatoms. The Balaban J connectivity index is 3.15. The molecule has 0 radical (unpaired) electrons. The minimum Gasteiger partial charge on any atom is -0.508 e. The van der Waals surface area contributed by atoms with E-state index >= 15 is 0 Å². The second kappa shape index (κ2) is 4.31. The van der Waals surface area contributed by atoms with Crippen LogP contribution in [0.5, 0.6) is 5.75 Å². The van der Waals surface area contributed by atoms with Gasteiger partial charge in [0.2, 0.25) is 0 Å². The molecule has 0 aliphatic rings. The van der Waals surface area contributed by atoms with Gasteiger partial charge in [-0.3, -0.25) is 0 Å². The van der Waals surface area contributed by atoms with Gasteiger partial charge in [-0.05, 0) is 42.0 Å². The molecule has 0 spiro atoms. The lowest BCUT2D eigenvalue weighted by atomic mass is 10.1. The van der Waals surface area contributed by atoms with Crippen LogP contribution < -0.4 is 5.32 Å². The van der Waals surface area contributed by atoms with Gasteiger partial charge in [0, 0.05) is 16.1 Å². The van der Waals surface area contributed by atoms with Crippen molar-refractivity contribution in [2.24, 2.45) is 0 Å². The fourth-order valence-electron chi connectivity index (χ4n) is 1.05. The molecule has 0 amide bonds. The first-order chi connectivity index (χ1) is 6.06. The predicted octanol–water partition coefficient (Wildman–Crippen LogP) is 3.09. The highest BCUT2D eigenvalue weighted by atomic mass is 79.9. The Hall–Kier alpha value is -0.250. The molecule has 1 aromatic rings. The quantitative estimate of drug-likeness (QED) is 0.860. The molecule has 0 aromatic heterocycles. The Morgan fingerprint density at radius 2 is 2.15 bits per heavy atom. The lowest BCUT2D eigenvalue weighted by Crippen LogP contribution is -2.12. The third-order valence-corrected chi connectivity index (χ3v) is 3.17. The number of rotatable bonds is 2. The number of phenolic OH excluding ortho intramolecular Hbond substituents is 1. The van der Waals surface area contributed by atoms with Gasteiger partial charge in [0.05, 0.1) is 5.02 Å². The molecular formula is C9H11BrClNO. The molecule has 1 rings (SSSR count). The zero-order valence-corrected chi connectivity index (χ0v) is 9.78. The maximum atomic E-state index is 9.59. The van der Waals surface area contributed by atoms with E-state index in [4.69, 9.17) is 11.6 Å². The Labute approximate surface area is 91.0 Å². The zero-order chi connectivity index (χ0) is 10.0. The van der Waals surface area contributed by atoms with Gasteiger partial charge in [0.15, 0.2) is 0 Å². The molecule has 1 atom stereocenters. The average molecular weight is 265 g/mol. The fraction of sp³-hybridized carbons (Fsp3) is 0.333. The van der Waals surface area contributed by atoms with E-state index in [0.29, 0.717) is 9.50 Å². The lowest BCUT2D eigenvalue weighted by Gasteiger charge is -2.13. The number of aromatic hydroxyl groups is 1.